The number of carbonyl (C=O) groups is 1. The van der Waals surface area contributed by atoms with Gasteiger partial charge in [0.25, 0.3) is 5.91 Å². The fourth-order valence-electron chi connectivity index (χ4n) is 2.57. The van der Waals surface area contributed by atoms with Crippen molar-refractivity contribution in [3.05, 3.63) is 57.6 Å². The highest BCUT2D eigenvalue weighted by Crippen LogP contribution is 2.29. The maximum absolute atomic E-state index is 14.1. The maximum atomic E-state index is 14.1. The molecule has 0 bridgehead atoms. The molecule has 0 N–H and O–H groups in total. The van der Waals surface area contributed by atoms with Gasteiger partial charge in [0, 0.05) is 30.4 Å². The number of halogens is 5. The number of rotatable bonds is 4. The predicted octanol–water partition coefficient (Wildman–Crippen LogP) is 3.38. The van der Waals surface area contributed by atoms with Crippen LogP contribution in [0.1, 0.15) is 22.4 Å². The summed E-state index contributed by atoms with van der Waals surface area (Å²) < 4.78 is 91.6. The Labute approximate surface area is 181 Å². The zero-order chi connectivity index (χ0) is 23.8. The van der Waals surface area contributed by atoms with Crippen LogP contribution in [0.25, 0.3) is 11.1 Å². The van der Waals surface area contributed by atoms with Gasteiger partial charge < -0.3 is 0 Å². The molecule has 3 rings (SSSR count). The first-order chi connectivity index (χ1) is 14.8. The number of nitrogens with zero attached hydrogens (tertiary/aromatic N) is 4. The number of alkyl halides is 3. The Morgan fingerprint density at radius 1 is 1.22 bits per heavy atom. The first-order valence-electron chi connectivity index (χ1n) is 8.72. The average molecular weight is 492 g/mol. The molecule has 0 atom stereocenters. The van der Waals surface area contributed by atoms with Crippen LogP contribution in [0.5, 0.6) is 0 Å². The lowest BCUT2D eigenvalue weighted by atomic mass is 10.1. The highest BCUT2D eigenvalue weighted by molar-refractivity contribution is 7.91. The molecule has 0 aliphatic heterocycles. The highest BCUT2D eigenvalue weighted by atomic mass is 32.2. The number of amides is 1. The summed E-state index contributed by atoms with van der Waals surface area (Å²) in [5, 5.41) is 1.99. The molecule has 14 heteroatoms. The van der Waals surface area contributed by atoms with Crippen molar-refractivity contribution in [3.8, 4) is 11.1 Å². The van der Waals surface area contributed by atoms with Crippen LogP contribution in [0.2, 0.25) is 0 Å². The number of sulfone groups is 1. The van der Waals surface area contributed by atoms with Gasteiger partial charge in [-0.15, -0.1) is 0 Å². The molecule has 2 heterocycles. The normalized spacial score (nSPS) is 12.9. The lowest BCUT2D eigenvalue weighted by molar-refractivity contribution is -0.138. The molecular weight excluding hydrogens is 479 g/mol. The van der Waals surface area contributed by atoms with Gasteiger partial charge in [-0.2, -0.15) is 23.3 Å². The third-order valence-corrected chi connectivity index (χ3v) is 6.94. The first kappa shape index (κ1) is 23.7. The lowest BCUT2D eigenvalue weighted by Gasteiger charge is -2.09. The number of aromatic nitrogens is 3. The molecule has 0 saturated heterocycles. The molecular formula is C18H13F5N4O3S2. The van der Waals surface area contributed by atoms with Crippen molar-refractivity contribution in [2.75, 3.05) is 5.75 Å². The number of carbonyl (C=O) groups excluding carboxylic acids is 1. The van der Waals surface area contributed by atoms with Crippen LogP contribution in [-0.2, 0) is 23.1 Å². The van der Waals surface area contributed by atoms with E-state index in [1.54, 1.807) is 0 Å². The van der Waals surface area contributed by atoms with Crippen LogP contribution >= 0.6 is 11.3 Å². The number of pyridine rings is 1. The molecule has 7 nitrogen and oxygen atoms in total. The summed E-state index contributed by atoms with van der Waals surface area (Å²) >= 11 is 0.0889. The number of aryl methyl sites for hydroxylation is 1. The third-order valence-electron chi connectivity index (χ3n) is 4.16. The summed E-state index contributed by atoms with van der Waals surface area (Å²) in [7, 11) is -2.95. The van der Waals surface area contributed by atoms with E-state index in [2.05, 4.69) is 15.1 Å². The molecule has 3 aromatic rings. The van der Waals surface area contributed by atoms with E-state index in [-0.39, 0.29) is 22.5 Å². The third kappa shape index (κ3) is 4.75. The maximum Gasteiger partial charge on any atom is 0.445 e. The van der Waals surface area contributed by atoms with Crippen molar-refractivity contribution in [2.24, 2.45) is 12.0 Å². The van der Waals surface area contributed by atoms with Gasteiger partial charge in [0.15, 0.2) is 9.84 Å². The van der Waals surface area contributed by atoms with Crippen LogP contribution in [0.15, 0.2) is 40.4 Å². The average Bonchev–Trinajstić information content (AvgIpc) is 3.08. The molecule has 0 unspecified atom stereocenters. The minimum atomic E-state index is -4.75. The van der Waals surface area contributed by atoms with Gasteiger partial charge in [-0.1, -0.05) is 18.3 Å². The van der Waals surface area contributed by atoms with Gasteiger partial charge in [0.05, 0.1) is 10.6 Å². The van der Waals surface area contributed by atoms with Gasteiger partial charge in [0.2, 0.25) is 9.81 Å². The molecule has 0 saturated carbocycles. The van der Waals surface area contributed by atoms with E-state index in [1.165, 1.54) is 6.92 Å². The minimum absolute atomic E-state index is 0.0474. The molecule has 32 heavy (non-hydrogen) atoms. The van der Waals surface area contributed by atoms with Crippen molar-refractivity contribution in [1.29, 1.82) is 0 Å². The monoisotopic (exact) mass is 492 g/mol. The first-order valence-corrected chi connectivity index (χ1v) is 11.2. The second-order valence-corrected chi connectivity index (χ2v) is 9.53. The molecule has 170 valence electrons. The molecule has 0 fully saturated rings. The van der Waals surface area contributed by atoms with Gasteiger partial charge >= 0.3 is 6.18 Å². The smallest absolute Gasteiger partial charge is 0.265 e. The van der Waals surface area contributed by atoms with E-state index >= 15 is 0 Å². The molecule has 0 radical (unpaired) electrons. The van der Waals surface area contributed by atoms with Gasteiger partial charge in [-0.05, 0) is 18.2 Å². The van der Waals surface area contributed by atoms with E-state index < -0.39 is 59.7 Å². The Bertz CT molecular complexity index is 1380. The summed E-state index contributed by atoms with van der Waals surface area (Å²) in [6, 6.07) is 3.62. The van der Waals surface area contributed by atoms with Crippen LogP contribution in [0.3, 0.4) is 0 Å². The van der Waals surface area contributed by atoms with Crippen molar-refractivity contribution < 1.29 is 35.2 Å². The summed E-state index contributed by atoms with van der Waals surface area (Å²) in [6.45, 7) is 1.30. The molecule has 0 spiro atoms. The van der Waals surface area contributed by atoms with Crippen molar-refractivity contribution >= 4 is 27.1 Å². The Balaban J connectivity index is 2.16. The topological polar surface area (TPSA) is 94.3 Å². The minimum Gasteiger partial charge on any atom is -0.265 e. The van der Waals surface area contributed by atoms with Crippen LogP contribution in [-0.4, -0.2) is 34.8 Å². The van der Waals surface area contributed by atoms with Crippen LogP contribution in [0.4, 0.5) is 22.0 Å². The van der Waals surface area contributed by atoms with Crippen LogP contribution < -0.4 is 4.80 Å². The highest BCUT2D eigenvalue weighted by Gasteiger charge is 2.35. The zero-order valence-electron chi connectivity index (χ0n) is 16.3. The van der Waals surface area contributed by atoms with Crippen molar-refractivity contribution in [3.63, 3.8) is 0 Å². The summed E-state index contributed by atoms with van der Waals surface area (Å²) in [5.74, 6) is -3.50. The fourth-order valence-corrected chi connectivity index (χ4v) is 4.38. The van der Waals surface area contributed by atoms with E-state index in [1.807, 2.05) is 0 Å². The molecule has 1 amide bonds. The molecule has 1 aromatic carbocycles. The quantitative estimate of drug-likeness (QED) is 0.521. The van der Waals surface area contributed by atoms with Crippen molar-refractivity contribution in [1.82, 2.24) is 14.8 Å². The lowest BCUT2D eigenvalue weighted by Crippen LogP contribution is -2.18. The van der Waals surface area contributed by atoms with Gasteiger partial charge in [0.1, 0.15) is 17.3 Å². The molecule has 0 aliphatic rings. The largest absolute Gasteiger partial charge is 0.445 e. The van der Waals surface area contributed by atoms with E-state index in [9.17, 15) is 35.2 Å². The van der Waals surface area contributed by atoms with E-state index in [4.69, 9.17) is 0 Å². The summed E-state index contributed by atoms with van der Waals surface area (Å²) in [5.41, 5.74) is -0.861. The molecule has 2 aromatic heterocycles. The second-order valence-electron chi connectivity index (χ2n) is 6.33. The molecule has 0 aliphatic carbocycles. The zero-order valence-corrected chi connectivity index (χ0v) is 17.9. The number of hydrogen-bond acceptors (Lipinski definition) is 6. The number of benzene rings is 1. The van der Waals surface area contributed by atoms with Crippen LogP contribution in [0, 0.1) is 11.6 Å². The van der Waals surface area contributed by atoms with E-state index in [0.717, 1.165) is 36.1 Å². The second kappa shape index (κ2) is 8.50. The SMILES string of the molecule is CCS(=O)(=O)c1cc(-c2ccc(F)cc2F)cnc1C(=O)N=c1sc(C(F)(F)F)nn1C. The Morgan fingerprint density at radius 3 is 2.47 bits per heavy atom. The predicted molar refractivity (Wildman–Crippen MR) is 103 cm³/mol. The summed E-state index contributed by atoms with van der Waals surface area (Å²) in [6.07, 6.45) is -3.77. The van der Waals surface area contributed by atoms with Crippen molar-refractivity contribution in [2.45, 2.75) is 18.0 Å². The Morgan fingerprint density at radius 2 is 1.91 bits per heavy atom. The Kier molecular flexibility index (Phi) is 6.29. The summed E-state index contributed by atoms with van der Waals surface area (Å²) in [4.78, 5) is 18.9. The van der Waals surface area contributed by atoms with E-state index in [0.29, 0.717) is 6.07 Å². The van der Waals surface area contributed by atoms with Gasteiger partial charge in [-0.3, -0.25) is 4.79 Å². The van der Waals surface area contributed by atoms with Gasteiger partial charge in [-0.25, -0.2) is 26.9 Å². The standard InChI is InChI=1S/C18H13F5N4O3S2/c1-3-32(29,30)13-6-9(11-5-4-10(19)7-12(11)20)8-24-14(13)15(28)25-17-27(2)26-16(31-17)18(21,22)23/h4-8H,3H2,1-2H3. The fraction of sp³-hybridized carbons (Fsp3) is 0.222. The Hall–Kier alpha value is -3.00. The number of hydrogen-bond donors (Lipinski definition) is 0.